The zero-order valence-electron chi connectivity index (χ0n) is 8.51. The molecule has 0 atom stereocenters. The molecule has 0 aliphatic carbocycles. The van der Waals surface area contributed by atoms with Gasteiger partial charge in [-0.15, -0.1) is 0 Å². The van der Waals surface area contributed by atoms with Crippen LogP contribution in [0.15, 0.2) is 36.7 Å². The van der Waals surface area contributed by atoms with E-state index < -0.39 is 0 Å². The second kappa shape index (κ2) is 4.19. The normalized spacial score (nSPS) is 10.3. The fourth-order valence-electron chi connectivity index (χ4n) is 1.46. The second-order valence-corrected chi connectivity index (χ2v) is 3.35. The Morgan fingerprint density at radius 3 is 2.33 bits per heavy atom. The molecular formula is C12H12N2O. The van der Waals surface area contributed by atoms with E-state index >= 15 is 0 Å². The molecule has 0 fully saturated rings. The molecule has 0 saturated carbocycles. The van der Waals surface area contributed by atoms with Gasteiger partial charge in [0.25, 0.3) is 0 Å². The Hall–Kier alpha value is -1.74. The topological polar surface area (TPSA) is 46.0 Å². The van der Waals surface area contributed by atoms with Gasteiger partial charge in [0.15, 0.2) is 0 Å². The molecule has 0 radical (unpaired) electrons. The first-order chi connectivity index (χ1) is 7.31. The lowest BCUT2D eigenvalue weighted by atomic mass is 10.1. The molecule has 3 nitrogen and oxygen atoms in total. The van der Waals surface area contributed by atoms with E-state index in [0.29, 0.717) is 0 Å². The highest BCUT2D eigenvalue weighted by Crippen LogP contribution is 2.19. The van der Waals surface area contributed by atoms with Crippen molar-refractivity contribution < 1.29 is 5.11 Å². The SMILES string of the molecule is Cc1nccnc1-c1ccc(CO)cc1. The van der Waals surface area contributed by atoms with Gasteiger partial charge in [-0.25, -0.2) is 0 Å². The number of hydrogen-bond donors (Lipinski definition) is 1. The molecule has 1 aromatic carbocycles. The Labute approximate surface area is 88.5 Å². The summed E-state index contributed by atoms with van der Waals surface area (Å²) in [5, 5.41) is 8.93. The lowest BCUT2D eigenvalue weighted by Gasteiger charge is -2.04. The first-order valence-electron chi connectivity index (χ1n) is 4.79. The molecule has 15 heavy (non-hydrogen) atoms. The van der Waals surface area contributed by atoms with Crippen molar-refractivity contribution in [3.63, 3.8) is 0 Å². The first-order valence-corrected chi connectivity index (χ1v) is 4.79. The number of aromatic nitrogens is 2. The lowest BCUT2D eigenvalue weighted by Crippen LogP contribution is -1.91. The van der Waals surface area contributed by atoms with Crippen LogP contribution in [0.1, 0.15) is 11.3 Å². The average molecular weight is 200 g/mol. The summed E-state index contributed by atoms with van der Waals surface area (Å²) in [4.78, 5) is 8.47. The number of hydrogen-bond acceptors (Lipinski definition) is 3. The van der Waals surface area contributed by atoms with Crippen molar-refractivity contribution in [2.45, 2.75) is 13.5 Å². The summed E-state index contributed by atoms with van der Waals surface area (Å²) in [5.41, 5.74) is 3.73. The molecule has 0 spiro atoms. The Kier molecular flexibility index (Phi) is 2.74. The Balaban J connectivity index is 2.42. The van der Waals surface area contributed by atoms with E-state index in [1.165, 1.54) is 0 Å². The predicted molar refractivity (Wildman–Crippen MR) is 58.1 cm³/mol. The molecule has 76 valence electrons. The van der Waals surface area contributed by atoms with E-state index in [-0.39, 0.29) is 6.61 Å². The van der Waals surface area contributed by atoms with Gasteiger partial charge in [-0.1, -0.05) is 24.3 Å². The number of rotatable bonds is 2. The van der Waals surface area contributed by atoms with Crippen molar-refractivity contribution in [3.8, 4) is 11.3 Å². The molecule has 0 amide bonds. The van der Waals surface area contributed by atoms with Gasteiger partial charge in [-0.2, -0.15) is 0 Å². The van der Waals surface area contributed by atoms with Gasteiger partial charge in [0, 0.05) is 18.0 Å². The van der Waals surface area contributed by atoms with Crippen molar-refractivity contribution in [2.24, 2.45) is 0 Å². The highest BCUT2D eigenvalue weighted by Gasteiger charge is 2.02. The van der Waals surface area contributed by atoms with Crippen LogP contribution in [0.4, 0.5) is 0 Å². The lowest BCUT2D eigenvalue weighted by molar-refractivity contribution is 0.282. The van der Waals surface area contributed by atoms with E-state index in [0.717, 1.165) is 22.5 Å². The molecule has 1 aromatic heterocycles. The maximum Gasteiger partial charge on any atom is 0.0914 e. The standard InChI is InChI=1S/C12H12N2O/c1-9-12(14-7-6-13-9)11-4-2-10(8-15)3-5-11/h2-7,15H,8H2,1H3. The van der Waals surface area contributed by atoms with Crippen molar-refractivity contribution in [3.05, 3.63) is 47.9 Å². The fourth-order valence-corrected chi connectivity index (χ4v) is 1.46. The Bertz CT molecular complexity index is 451. The van der Waals surface area contributed by atoms with E-state index in [1.54, 1.807) is 12.4 Å². The van der Waals surface area contributed by atoms with Gasteiger partial charge in [0.2, 0.25) is 0 Å². The van der Waals surface area contributed by atoms with E-state index in [4.69, 9.17) is 5.11 Å². The molecule has 0 aliphatic rings. The van der Waals surface area contributed by atoms with Gasteiger partial charge in [0.05, 0.1) is 18.0 Å². The van der Waals surface area contributed by atoms with E-state index in [9.17, 15) is 0 Å². The van der Waals surface area contributed by atoms with Crippen LogP contribution in [0, 0.1) is 6.92 Å². The fraction of sp³-hybridized carbons (Fsp3) is 0.167. The first kappa shape index (κ1) is 9.80. The minimum absolute atomic E-state index is 0.0692. The number of aliphatic hydroxyl groups is 1. The summed E-state index contributed by atoms with van der Waals surface area (Å²) >= 11 is 0. The Morgan fingerprint density at radius 1 is 1.07 bits per heavy atom. The van der Waals surface area contributed by atoms with Crippen LogP contribution >= 0.6 is 0 Å². The van der Waals surface area contributed by atoms with Gasteiger partial charge >= 0.3 is 0 Å². The minimum atomic E-state index is 0.0692. The molecule has 0 unspecified atom stereocenters. The number of aryl methyl sites for hydroxylation is 1. The molecular weight excluding hydrogens is 188 g/mol. The third-order valence-electron chi connectivity index (χ3n) is 2.29. The van der Waals surface area contributed by atoms with Crippen LogP contribution in [0.3, 0.4) is 0 Å². The van der Waals surface area contributed by atoms with Crippen molar-refractivity contribution in [2.75, 3.05) is 0 Å². The summed E-state index contributed by atoms with van der Waals surface area (Å²) in [7, 11) is 0. The summed E-state index contributed by atoms with van der Waals surface area (Å²) in [6.07, 6.45) is 3.36. The molecule has 0 aliphatic heterocycles. The molecule has 1 heterocycles. The summed E-state index contributed by atoms with van der Waals surface area (Å²) in [6.45, 7) is 2.00. The van der Waals surface area contributed by atoms with Crippen LogP contribution < -0.4 is 0 Å². The smallest absolute Gasteiger partial charge is 0.0914 e. The van der Waals surface area contributed by atoms with Crippen molar-refractivity contribution in [1.29, 1.82) is 0 Å². The zero-order valence-corrected chi connectivity index (χ0v) is 8.51. The number of aliphatic hydroxyl groups excluding tert-OH is 1. The van der Waals surface area contributed by atoms with Gasteiger partial charge < -0.3 is 5.11 Å². The highest BCUT2D eigenvalue weighted by atomic mass is 16.3. The third-order valence-corrected chi connectivity index (χ3v) is 2.29. The van der Waals surface area contributed by atoms with Crippen LogP contribution in [-0.4, -0.2) is 15.1 Å². The monoisotopic (exact) mass is 200 g/mol. The second-order valence-electron chi connectivity index (χ2n) is 3.35. The van der Waals surface area contributed by atoms with Gasteiger partial charge in [-0.05, 0) is 12.5 Å². The summed E-state index contributed by atoms with van der Waals surface area (Å²) in [6, 6.07) is 7.68. The highest BCUT2D eigenvalue weighted by molar-refractivity contribution is 5.61. The minimum Gasteiger partial charge on any atom is -0.392 e. The molecule has 0 bridgehead atoms. The van der Waals surface area contributed by atoms with Crippen LogP contribution in [-0.2, 0) is 6.61 Å². The summed E-state index contributed by atoms with van der Waals surface area (Å²) < 4.78 is 0. The molecule has 1 N–H and O–H groups in total. The van der Waals surface area contributed by atoms with E-state index in [1.807, 2.05) is 31.2 Å². The molecule has 2 rings (SSSR count). The number of benzene rings is 1. The molecule has 3 heteroatoms. The van der Waals surface area contributed by atoms with Crippen molar-refractivity contribution >= 4 is 0 Å². The predicted octanol–water partition coefficient (Wildman–Crippen LogP) is 1.94. The maximum absolute atomic E-state index is 8.93. The quantitative estimate of drug-likeness (QED) is 0.805. The largest absolute Gasteiger partial charge is 0.392 e. The third kappa shape index (κ3) is 2.02. The van der Waals surface area contributed by atoms with Gasteiger partial charge in [-0.3, -0.25) is 9.97 Å². The van der Waals surface area contributed by atoms with Gasteiger partial charge in [0.1, 0.15) is 0 Å². The molecule has 2 aromatic rings. The van der Waals surface area contributed by atoms with Crippen LogP contribution in [0.25, 0.3) is 11.3 Å². The van der Waals surface area contributed by atoms with E-state index in [2.05, 4.69) is 9.97 Å². The number of nitrogens with zero attached hydrogens (tertiary/aromatic N) is 2. The Morgan fingerprint density at radius 2 is 1.73 bits per heavy atom. The molecule has 0 saturated heterocycles. The zero-order chi connectivity index (χ0) is 10.7. The van der Waals surface area contributed by atoms with Crippen LogP contribution in [0.5, 0.6) is 0 Å². The summed E-state index contributed by atoms with van der Waals surface area (Å²) in [5.74, 6) is 0. The average Bonchev–Trinajstić information content (AvgIpc) is 2.30. The van der Waals surface area contributed by atoms with Crippen molar-refractivity contribution in [1.82, 2.24) is 9.97 Å². The maximum atomic E-state index is 8.93. The van der Waals surface area contributed by atoms with Crippen LogP contribution in [0.2, 0.25) is 0 Å².